The van der Waals surface area contributed by atoms with Crippen molar-refractivity contribution in [1.82, 2.24) is 0 Å². The first-order valence-corrected chi connectivity index (χ1v) is 4.66. The fourth-order valence-corrected chi connectivity index (χ4v) is 1.72. The molecule has 1 aromatic carbocycles. The number of methoxy groups -OCH3 is 1. The largest absolute Gasteiger partial charge is 0.469 e. The maximum absolute atomic E-state index is 12.9. The van der Waals surface area contributed by atoms with E-state index in [9.17, 15) is 13.6 Å². The zero-order valence-corrected chi connectivity index (χ0v) is 8.17. The van der Waals surface area contributed by atoms with Crippen LogP contribution in [-0.4, -0.2) is 13.1 Å². The molecule has 4 heteroatoms. The molecule has 0 bridgehead atoms. The van der Waals surface area contributed by atoms with Gasteiger partial charge < -0.3 is 4.74 Å². The van der Waals surface area contributed by atoms with Gasteiger partial charge in [-0.1, -0.05) is 6.07 Å². The monoisotopic (exact) mass is 212 g/mol. The van der Waals surface area contributed by atoms with Crippen molar-refractivity contribution in [2.24, 2.45) is 5.92 Å². The van der Waals surface area contributed by atoms with Crippen LogP contribution in [-0.2, 0) is 9.53 Å². The maximum Gasteiger partial charge on any atom is 0.309 e. The molecule has 15 heavy (non-hydrogen) atoms. The normalized spacial score (nSPS) is 23.7. The first-order valence-electron chi connectivity index (χ1n) is 4.66. The van der Waals surface area contributed by atoms with Crippen molar-refractivity contribution in [3.05, 3.63) is 35.4 Å². The Morgan fingerprint density at radius 2 is 2.13 bits per heavy atom. The standard InChI is InChI=1S/C11H10F2O2/c1-15-11(14)8-5-7(8)6-2-3-9(12)10(13)4-6/h2-4,7-8H,5H2,1H3/t7?,8-/m1/s1. The fourth-order valence-electron chi connectivity index (χ4n) is 1.72. The van der Waals surface area contributed by atoms with Crippen LogP contribution < -0.4 is 0 Å². The lowest BCUT2D eigenvalue weighted by Gasteiger charge is -2.00. The molecule has 1 aliphatic rings. The quantitative estimate of drug-likeness (QED) is 0.703. The molecule has 0 spiro atoms. The first kappa shape index (κ1) is 10.1. The van der Waals surface area contributed by atoms with Crippen molar-refractivity contribution in [1.29, 1.82) is 0 Å². The van der Waals surface area contributed by atoms with Crippen molar-refractivity contribution >= 4 is 5.97 Å². The van der Waals surface area contributed by atoms with Crippen molar-refractivity contribution in [2.75, 3.05) is 7.11 Å². The van der Waals surface area contributed by atoms with E-state index in [4.69, 9.17) is 0 Å². The highest BCUT2D eigenvalue weighted by molar-refractivity contribution is 5.77. The Labute approximate surface area is 85.9 Å². The van der Waals surface area contributed by atoms with Crippen LogP contribution in [0.4, 0.5) is 8.78 Å². The summed E-state index contributed by atoms with van der Waals surface area (Å²) in [4.78, 5) is 11.1. The molecule has 0 aliphatic heterocycles. The molecule has 1 unspecified atom stereocenters. The van der Waals surface area contributed by atoms with E-state index in [0.717, 1.165) is 12.1 Å². The Hall–Kier alpha value is -1.45. The average molecular weight is 212 g/mol. The summed E-state index contributed by atoms with van der Waals surface area (Å²) in [5, 5.41) is 0. The second kappa shape index (κ2) is 3.61. The molecule has 2 nitrogen and oxygen atoms in total. The molecule has 0 heterocycles. The number of hydrogen-bond donors (Lipinski definition) is 0. The molecule has 2 rings (SSSR count). The highest BCUT2D eigenvalue weighted by Gasteiger charge is 2.45. The number of benzene rings is 1. The maximum atomic E-state index is 12.9. The molecular formula is C11H10F2O2. The smallest absolute Gasteiger partial charge is 0.309 e. The first-order chi connectivity index (χ1) is 7.13. The van der Waals surface area contributed by atoms with Crippen molar-refractivity contribution < 1.29 is 18.3 Å². The lowest BCUT2D eigenvalue weighted by Crippen LogP contribution is -2.04. The number of carbonyl (C=O) groups is 1. The summed E-state index contributed by atoms with van der Waals surface area (Å²) in [5.41, 5.74) is 0.657. The van der Waals surface area contributed by atoms with Gasteiger partial charge in [-0.2, -0.15) is 0 Å². The summed E-state index contributed by atoms with van der Waals surface area (Å²) >= 11 is 0. The van der Waals surface area contributed by atoms with Gasteiger partial charge in [-0.15, -0.1) is 0 Å². The van der Waals surface area contributed by atoms with Gasteiger partial charge in [0.1, 0.15) is 0 Å². The van der Waals surface area contributed by atoms with Crippen LogP contribution in [0, 0.1) is 17.6 Å². The summed E-state index contributed by atoms with van der Waals surface area (Å²) in [6, 6.07) is 3.73. The van der Waals surface area contributed by atoms with Gasteiger partial charge >= 0.3 is 5.97 Å². The highest BCUT2D eigenvalue weighted by Crippen LogP contribution is 2.48. The zero-order valence-electron chi connectivity index (χ0n) is 8.17. The summed E-state index contributed by atoms with van der Waals surface area (Å²) in [6.45, 7) is 0. The van der Waals surface area contributed by atoms with Crippen molar-refractivity contribution in [3.8, 4) is 0 Å². The van der Waals surface area contributed by atoms with Crippen LogP contribution in [0.2, 0.25) is 0 Å². The molecule has 0 N–H and O–H groups in total. The number of rotatable bonds is 2. The summed E-state index contributed by atoms with van der Waals surface area (Å²) in [7, 11) is 1.32. The van der Waals surface area contributed by atoms with E-state index >= 15 is 0 Å². The topological polar surface area (TPSA) is 26.3 Å². The molecule has 80 valence electrons. The van der Waals surface area contributed by atoms with Gasteiger partial charge in [0.25, 0.3) is 0 Å². The molecule has 0 saturated heterocycles. The Balaban J connectivity index is 2.13. The second-order valence-electron chi connectivity index (χ2n) is 3.65. The third-order valence-electron chi connectivity index (χ3n) is 2.67. The van der Waals surface area contributed by atoms with Gasteiger partial charge in [0.2, 0.25) is 0 Å². The average Bonchev–Trinajstić information content (AvgIpc) is 3.01. The fraction of sp³-hybridized carbons (Fsp3) is 0.364. The number of esters is 1. The van der Waals surface area contributed by atoms with Crippen LogP contribution in [0.25, 0.3) is 0 Å². The van der Waals surface area contributed by atoms with Crippen molar-refractivity contribution in [2.45, 2.75) is 12.3 Å². The van der Waals surface area contributed by atoms with Gasteiger partial charge in [0.05, 0.1) is 13.0 Å². The SMILES string of the molecule is COC(=O)[C@@H]1CC1c1ccc(F)c(F)c1. The Morgan fingerprint density at radius 1 is 1.40 bits per heavy atom. The lowest BCUT2D eigenvalue weighted by atomic mass is 10.1. The molecular weight excluding hydrogens is 202 g/mol. The van der Waals surface area contributed by atoms with Gasteiger partial charge in [-0.05, 0) is 30.0 Å². The summed E-state index contributed by atoms with van der Waals surface area (Å²) < 4.78 is 30.1. The van der Waals surface area contributed by atoms with E-state index in [-0.39, 0.29) is 17.8 Å². The van der Waals surface area contributed by atoms with Gasteiger partial charge in [0, 0.05) is 0 Å². The van der Waals surface area contributed by atoms with E-state index in [2.05, 4.69) is 4.74 Å². The van der Waals surface area contributed by atoms with Crippen molar-refractivity contribution in [3.63, 3.8) is 0 Å². The Morgan fingerprint density at radius 3 is 2.73 bits per heavy atom. The number of halogens is 2. The van der Waals surface area contributed by atoms with Gasteiger partial charge in [-0.25, -0.2) is 8.78 Å². The highest BCUT2D eigenvalue weighted by atomic mass is 19.2. The van der Waals surface area contributed by atoms with E-state index in [1.807, 2.05) is 0 Å². The summed E-state index contributed by atoms with van der Waals surface area (Å²) in [5.74, 6) is -2.24. The predicted molar refractivity (Wildman–Crippen MR) is 49.2 cm³/mol. The molecule has 1 fully saturated rings. The number of carbonyl (C=O) groups excluding carboxylic acids is 1. The number of hydrogen-bond acceptors (Lipinski definition) is 2. The van der Waals surface area contributed by atoms with E-state index < -0.39 is 11.6 Å². The molecule has 1 aromatic rings. The molecule has 0 radical (unpaired) electrons. The van der Waals surface area contributed by atoms with E-state index in [0.29, 0.717) is 12.0 Å². The van der Waals surface area contributed by atoms with E-state index in [1.165, 1.54) is 13.2 Å². The predicted octanol–water partition coefficient (Wildman–Crippen LogP) is 2.24. The van der Waals surface area contributed by atoms with Gasteiger partial charge in [-0.3, -0.25) is 4.79 Å². The van der Waals surface area contributed by atoms with Crippen LogP contribution >= 0.6 is 0 Å². The summed E-state index contributed by atoms with van der Waals surface area (Å²) in [6.07, 6.45) is 0.651. The van der Waals surface area contributed by atoms with E-state index in [1.54, 1.807) is 0 Å². The minimum Gasteiger partial charge on any atom is -0.469 e. The minimum absolute atomic E-state index is 0.0208. The molecule has 1 aliphatic carbocycles. The molecule has 0 amide bonds. The Kier molecular flexibility index (Phi) is 2.42. The number of ether oxygens (including phenoxy) is 1. The zero-order chi connectivity index (χ0) is 11.0. The lowest BCUT2D eigenvalue weighted by molar-refractivity contribution is -0.142. The second-order valence-corrected chi connectivity index (χ2v) is 3.65. The van der Waals surface area contributed by atoms with Crippen LogP contribution in [0.3, 0.4) is 0 Å². The molecule has 1 saturated carbocycles. The molecule has 2 atom stereocenters. The van der Waals surface area contributed by atoms with Gasteiger partial charge in [0.15, 0.2) is 11.6 Å². The minimum atomic E-state index is -0.872. The van der Waals surface area contributed by atoms with Crippen LogP contribution in [0.15, 0.2) is 18.2 Å². The van der Waals surface area contributed by atoms with Crippen LogP contribution in [0.1, 0.15) is 17.9 Å². The third-order valence-corrected chi connectivity index (χ3v) is 2.67. The third kappa shape index (κ3) is 1.84. The van der Waals surface area contributed by atoms with Crippen LogP contribution in [0.5, 0.6) is 0 Å². The Bertz CT molecular complexity index is 404. The molecule has 0 aromatic heterocycles.